The summed E-state index contributed by atoms with van der Waals surface area (Å²) in [5.74, 6) is 0.0309. The summed E-state index contributed by atoms with van der Waals surface area (Å²) in [7, 11) is 2.14. The van der Waals surface area contributed by atoms with Crippen molar-refractivity contribution in [2.75, 3.05) is 12.4 Å². The van der Waals surface area contributed by atoms with E-state index in [-0.39, 0.29) is 17.3 Å². The molecule has 33 heavy (non-hydrogen) atoms. The molecule has 2 N–H and O–H groups in total. The van der Waals surface area contributed by atoms with Gasteiger partial charge in [0, 0.05) is 35.6 Å². The number of hydrogen-bond donors (Lipinski definition) is 2. The van der Waals surface area contributed by atoms with E-state index in [0.29, 0.717) is 29.1 Å². The van der Waals surface area contributed by atoms with Crippen LogP contribution < -0.4 is 10.9 Å². The predicted molar refractivity (Wildman–Crippen MR) is 127 cm³/mol. The molecule has 8 heteroatoms. The lowest BCUT2D eigenvalue weighted by molar-refractivity contribution is 0.121. The highest BCUT2D eigenvalue weighted by atomic mass is 19.1. The highest BCUT2D eigenvalue weighted by molar-refractivity contribution is 5.77. The van der Waals surface area contributed by atoms with Crippen molar-refractivity contribution < 1.29 is 4.39 Å². The molecule has 3 atom stereocenters. The number of aromatic amines is 1. The maximum atomic E-state index is 15.1. The van der Waals surface area contributed by atoms with Crippen molar-refractivity contribution in [1.82, 2.24) is 24.5 Å². The molecular weight excluding hydrogens is 419 g/mol. The second-order valence-corrected chi connectivity index (χ2v) is 8.96. The number of aromatic nitrogens is 4. The fraction of sp³-hybridized carbons (Fsp3) is 0.320. The van der Waals surface area contributed by atoms with Gasteiger partial charge in [0.25, 0.3) is 0 Å². The number of nitrogens with one attached hydrogen (secondary N) is 2. The Morgan fingerprint density at radius 1 is 1.09 bits per heavy atom. The van der Waals surface area contributed by atoms with Gasteiger partial charge in [-0.1, -0.05) is 6.07 Å². The van der Waals surface area contributed by atoms with Gasteiger partial charge in [0.1, 0.15) is 12.1 Å². The van der Waals surface area contributed by atoms with Gasteiger partial charge in [0.2, 0.25) is 5.56 Å². The number of halogens is 1. The zero-order chi connectivity index (χ0) is 23.1. The molecule has 0 amide bonds. The predicted octanol–water partition coefficient (Wildman–Crippen LogP) is 4.55. The van der Waals surface area contributed by atoms with E-state index in [1.165, 1.54) is 12.4 Å². The van der Waals surface area contributed by atoms with E-state index in [1.54, 1.807) is 16.8 Å². The van der Waals surface area contributed by atoms with E-state index < -0.39 is 0 Å². The van der Waals surface area contributed by atoms with E-state index in [4.69, 9.17) is 0 Å². The number of rotatable bonds is 4. The van der Waals surface area contributed by atoms with Gasteiger partial charge in [-0.25, -0.2) is 13.9 Å². The molecule has 1 aromatic carbocycles. The molecule has 4 aromatic rings. The summed E-state index contributed by atoms with van der Waals surface area (Å²) in [6.07, 6.45) is 4.97. The minimum Gasteiger partial charge on any atom is -0.352 e. The average Bonchev–Trinajstić information content (AvgIpc) is 3.28. The van der Waals surface area contributed by atoms with Crippen molar-refractivity contribution in [3.63, 3.8) is 0 Å². The fourth-order valence-corrected chi connectivity index (χ4v) is 4.86. The first-order valence-corrected chi connectivity index (χ1v) is 11.2. The van der Waals surface area contributed by atoms with Crippen LogP contribution in [0.2, 0.25) is 0 Å². The van der Waals surface area contributed by atoms with Gasteiger partial charge in [0.05, 0.1) is 11.4 Å². The van der Waals surface area contributed by atoms with Crippen LogP contribution in [0.15, 0.2) is 59.8 Å². The van der Waals surface area contributed by atoms with Crippen LogP contribution in [0.25, 0.3) is 16.9 Å². The van der Waals surface area contributed by atoms with Crippen LogP contribution in [0.5, 0.6) is 0 Å². The minimum atomic E-state index is -0.188. The van der Waals surface area contributed by atoms with Gasteiger partial charge >= 0.3 is 0 Å². The summed E-state index contributed by atoms with van der Waals surface area (Å²) in [4.78, 5) is 21.1. The zero-order valence-electron chi connectivity index (χ0n) is 18.9. The Morgan fingerprint density at radius 2 is 1.88 bits per heavy atom. The molecule has 4 heterocycles. The Labute approximate surface area is 191 Å². The summed E-state index contributed by atoms with van der Waals surface area (Å²) < 4.78 is 16.8. The molecule has 1 fully saturated rings. The van der Waals surface area contributed by atoms with Gasteiger partial charge < -0.3 is 15.2 Å². The summed E-state index contributed by atoms with van der Waals surface area (Å²) in [5.41, 5.74) is 4.02. The molecule has 1 unspecified atom stereocenters. The van der Waals surface area contributed by atoms with Gasteiger partial charge in [-0.3, -0.25) is 4.79 Å². The Balaban J connectivity index is 1.43. The first-order chi connectivity index (χ1) is 15.9. The molecule has 170 valence electrons. The Morgan fingerprint density at radius 3 is 2.61 bits per heavy atom. The Hall–Kier alpha value is -3.52. The first kappa shape index (κ1) is 21.3. The number of likely N-dealkylation sites (tertiary alicyclic amines) is 1. The lowest BCUT2D eigenvalue weighted by atomic mass is 9.82. The standard InChI is InChI=1S/C25H27FN6O/c1-15-10-18(11-16(2)31(15)3)20-5-4-19(13-21(20)26)30-22-6-7-23(32-25(22)28-14-29-32)17-8-9-27-24(33)12-17/h4-9,12-16,18,30H,10-11H2,1-3H3,(H,27,33)/t15-,16+,18?. The summed E-state index contributed by atoms with van der Waals surface area (Å²) in [6.45, 7) is 4.41. The number of fused-ring (bicyclic) bond motifs is 1. The molecule has 0 saturated carbocycles. The number of hydrogen-bond acceptors (Lipinski definition) is 5. The summed E-state index contributed by atoms with van der Waals surface area (Å²) >= 11 is 0. The van der Waals surface area contributed by atoms with Crippen molar-refractivity contribution in [3.05, 3.63) is 76.7 Å². The van der Waals surface area contributed by atoms with E-state index in [1.807, 2.05) is 30.3 Å². The van der Waals surface area contributed by atoms with Crippen LogP contribution in [0.3, 0.4) is 0 Å². The normalized spacial score (nSPS) is 21.4. The monoisotopic (exact) mass is 446 g/mol. The topological polar surface area (TPSA) is 78.3 Å². The van der Waals surface area contributed by atoms with Crippen LogP contribution in [0, 0.1) is 5.82 Å². The molecule has 5 rings (SSSR count). The second-order valence-electron chi connectivity index (χ2n) is 8.96. The van der Waals surface area contributed by atoms with Crippen LogP contribution in [-0.2, 0) is 0 Å². The number of anilines is 2. The van der Waals surface area contributed by atoms with Crippen molar-refractivity contribution in [2.45, 2.75) is 44.7 Å². The van der Waals surface area contributed by atoms with Crippen LogP contribution in [-0.4, -0.2) is 43.6 Å². The smallest absolute Gasteiger partial charge is 0.248 e. The Kier molecular flexibility index (Phi) is 5.46. The number of pyridine rings is 2. The van der Waals surface area contributed by atoms with Crippen LogP contribution >= 0.6 is 0 Å². The molecule has 0 aliphatic carbocycles. The van der Waals surface area contributed by atoms with Crippen molar-refractivity contribution in [3.8, 4) is 11.3 Å². The lowest BCUT2D eigenvalue weighted by Crippen LogP contribution is -2.43. The molecule has 3 aromatic heterocycles. The molecule has 1 aliphatic rings. The number of benzene rings is 1. The fourth-order valence-electron chi connectivity index (χ4n) is 4.86. The van der Waals surface area contributed by atoms with Crippen LogP contribution in [0.1, 0.15) is 38.2 Å². The molecule has 0 bridgehead atoms. The van der Waals surface area contributed by atoms with Crippen molar-refractivity contribution in [2.24, 2.45) is 0 Å². The molecule has 1 aliphatic heterocycles. The molecule has 1 saturated heterocycles. The van der Waals surface area contributed by atoms with Gasteiger partial charge in [-0.2, -0.15) is 5.10 Å². The maximum Gasteiger partial charge on any atom is 0.248 e. The Bertz CT molecular complexity index is 1350. The zero-order valence-corrected chi connectivity index (χ0v) is 18.9. The van der Waals surface area contributed by atoms with E-state index in [2.05, 4.69) is 46.2 Å². The number of piperidine rings is 1. The first-order valence-electron chi connectivity index (χ1n) is 11.2. The molecule has 0 spiro atoms. The quantitative estimate of drug-likeness (QED) is 0.481. The second kappa shape index (κ2) is 8.44. The highest BCUT2D eigenvalue weighted by Crippen LogP contribution is 2.36. The molecular formula is C25H27FN6O. The van der Waals surface area contributed by atoms with E-state index in [9.17, 15) is 4.79 Å². The molecule has 7 nitrogen and oxygen atoms in total. The van der Waals surface area contributed by atoms with Crippen molar-refractivity contribution in [1.29, 1.82) is 0 Å². The third-order valence-electron chi connectivity index (χ3n) is 6.86. The highest BCUT2D eigenvalue weighted by Gasteiger charge is 2.30. The van der Waals surface area contributed by atoms with Crippen LogP contribution in [0.4, 0.5) is 15.8 Å². The summed E-state index contributed by atoms with van der Waals surface area (Å²) in [6, 6.07) is 13.3. The molecule has 0 radical (unpaired) electrons. The largest absolute Gasteiger partial charge is 0.352 e. The number of H-pyrrole nitrogens is 1. The van der Waals surface area contributed by atoms with E-state index in [0.717, 1.165) is 29.7 Å². The average molecular weight is 447 g/mol. The summed E-state index contributed by atoms with van der Waals surface area (Å²) in [5, 5.41) is 7.59. The minimum absolute atomic E-state index is 0.188. The number of nitrogens with zero attached hydrogens (tertiary/aromatic N) is 4. The van der Waals surface area contributed by atoms with Gasteiger partial charge in [-0.15, -0.1) is 0 Å². The third kappa shape index (κ3) is 4.02. The maximum absolute atomic E-state index is 15.1. The lowest BCUT2D eigenvalue weighted by Gasteiger charge is -2.40. The van der Waals surface area contributed by atoms with Crippen molar-refractivity contribution >= 4 is 17.0 Å². The van der Waals surface area contributed by atoms with E-state index >= 15 is 4.39 Å². The SMILES string of the molecule is C[C@@H]1CC(c2ccc(Nc3ccc(-c4cc[nH]c(=O)c4)n4ncnc34)cc2F)C[C@H](C)N1C. The van der Waals surface area contributed by atoms with Gasteiger partial charge in [-0.05, 0) is 75.5 Å². The van der Waals surface area contributed by atoms with Gasteiger partial charge in [0.15, 0.2) is 5.65 Å². The third-order valence-corrected chi connectivity index (χ3v) is 6.86.